The van der Waals surface area contributed by atoms with Crippen LogP contribution in [0.1, 0.15) is 43.6 Å². The molecule has 3 N–H and O–H groups in total. The number of rotatable bonds is 3. The van der Waals surface area contributed by atoms with E-state index in [1.807, 2.05) is 0 Å². The van der Waals surface area contributed by atoms with Crippen molar-refractivity contribution in [2.45, 2.75) is 46.3 Å². The van der Waals surface area contributed by atoms with Crippen molar-refractivity contribution in [2.75, 3.05) is 0 Å². The van der Waals surface area contributed by atoms with Gasteiger partial charge in [-0.2, -0.15) is 0 Å². The standard InChI is InChI=1S/C16H22N2O5/c1-9-6-7-11(12(19)8-9)14(21)23-10(2)13(20)17-15(22)18-16(3,4)5/h6-8,10,19H,1-5H3,(H2,17,18,20,22)/t10-/m0/s1. The topological polar surface area (TPSA) is 105 Å². The fraction of sp³-hybridized carbons (Fsp3) is 0.438. The van der Waals surface area contributed by atoms with Crippen molar-refractivity contribution in [1.29, 1.82) is 0 Å². The Bertz CT molecular complexity index is 619. The highest BCUT2D eigenvalue weighted by atomic mass is 16.5. The van der Waals surface area contributed by atoms with Gasteiger partial charge in [0, 0.05) is 5.54 Å². The first-order chi connectivity index (χ1) is 10.5. The van der Waals surface area contributed by atoms with Crippen LogP contribution in [0.4, 0.5) is 4.79 Å². The lowest BCUT2D eigenvalue weighted by atomic mass is 10.1. The highest BCUT2D eigenvalue weighted by Crippen LogP contribution is 2.19. The minimum Gasteiger partial charge on any atom is -0.507 e. The number of imide groups is 1. The maximum Gasteiger partial charge on any atom is 0.342 e. The SMILES string of the molecule is Cc1ccc(C(=O)O[C@@H](C)C(=O)NC(=O)NC(C)(C)C)c(O)c1. The van der Waals surface area contributed by atoms with Crippen LogP contribution in [0.5, 0.6) is 5.75 Å². The smallest absolute Gasteiger partial charge is 0.342 e. The number of phenols is 1. The van der Waals surface area contributed by atoms with Crippen LogP contribution < -0.4 is 10.6 Å². The zero-order chi connectivity index (χ0) is 17.8. The van der Waals surface area contributed by atoms with Gasteiger partial charge in [-0.1, -0.05) is 6.07 Å². The minimum absolute atomic E-state index is 0.0469. The van der Waals surface area contributed by atoms with E-state index < -0.39 is 29.6 Å². The number of phenolic OH excluding ortho intramolecular Hbond substituents is 1. The highest BCUT2D eigenvalue weighted by Gasteiger charge is 2.23. The van der Waals surface area contributed by atoms with Crippen LogP contribution in [0.2, 0.25) is 0 Å². The van der Waals surface area contributed by atoms with Crippen molar-refractivity contribution in [3.63, 3.8) is 0 Å². The Kier molecular flexibility index (Phi) is 5.73. The molecule has 7 heteroatoms. The predicted octanol–water partition coefficient (Wildman–Crippen LogP) is 1.87. The third-order valence-corrected chi connectivity index (χ3v) is 2.75. The first kappa shape index (κ1) is 18.5. The second-order valence-corrected chi connectivity index (χ2v) is 6.26. The number of nitrogens with one attached hydrogen (secondary N) is 2. The van der Waals surface area contributed by atoms with Crippen molar-refractivity contribution >= 4 is 17.9 Å². The van der Waals surface area contributed by atoms with Gasteiger partial charge in [0.15, 0.2) is 6.10 Å². The molecule has 0 aliphatic heterocycles. The average Bonchev–Trinajstić information content (AvgIpc) is 2.35. The Balaban J connectivity index is 2.64. The molecule has 126 valence electrons. The summed E-state index contributed by atoms with van der Waals surface area (Å²) in [5.74, 6) is -1.83. The number of urea groups is 1. The molecule has 1 atom stereocenters. The Labute approximate surface area is 135 Å². The monoisotopic (exact) mass is 322 g/mol. The molecule has 1 rings (SSSR count). The largest absolute Gasteiger partial charge is 0.507 e. The summed E-state index contributed by atoms with van der Waals surface area (Å²) in [6.07, 6.45) is -1.19. The van der Waals surface area contributed by atoms with Crippen LogP contribution in [0.3, 0.4) is 0 Å². The number of amides is 3. The van der Waals surface area contributed by atoms with Gasteiger partial charge in [-0.3, -0.25) is 10.1 Å². The molecule has 0 bridgehead atoms. The molecule has 0 heterocycles. The molecule has 0 radical (unpaired) electrons. The average molecular weight is 322 g/mol. The molecular weight excluding hydrogens is 300 g/mol. The van der Waals surface area contributed by atoms with Gasteiger partial charge in [0.05, 0.1) is 0 Å². The summed E-state index contributed by atoms with van der Waals surface area (Å²) in [6.45, 7) is 8.39. The molecule has 1 aromatic carbocycles. The molecule has 0 aliphatic rings. The van der Waals surface area contributed by atoms with Crippen LogP contribution in [0.25, 0.3) is 0 Å². The van der Waals surface area contributed by atoms with Crippen LogP contribution in [0.15, 0.2) is 18.2 Å². The van der Waals surface area contributed by atoms with Gasteiger partial charge in [-0.05, 0) is 52.3 Å². The van der Waals surface area contributed by atoms with Crippen molar-refractivity contribution < 1.29 is 24.2 Å². The van der Waals surface area contributed by atoms with Crippen LogP contribution in [0, 0.1) is 6.92 Å². The van der Waals surface area contributed by atoms with E-state index in [2.05, 4.69) is 10.6 Å². The lowest BCUT2D eigenvalue weighted by molar-refractivity contribution is -0.127. The summed E-state index contributed by atoms with van der Waals surface area (Å²) in [5, 5.41) is 14.4. The van der Waals surface area contributed by atoms with E-state index in [9.17, 15) is 19.5 Å². The number of aromatic hydroxyl groups is 1. The lowest BCUT2D eigenvalue weighted by Gasteiger charge is -2.21. The molecule has 0 fully saturated rings. The molecule has 0 spiro atoms. The van der Waals surface area contributed by atoms with E-state index in [-0.39, 0.29) is 11.3 Å². The number of ether oxygens (including phenoxy) is 1. The second kappa shape index (κ2) is 7.13. The molecule has 0 unspecified atom stereocenters. The number of carbonyl (C=O) groups is 3. The molecule has 7 nitrogen and oxygen atoms in total. The summed E-state index contributed by atoms with van der Waals surface area (Å²) in [6, 6.07) is 3.78. The fourth-order valence-corrected chi connectivity index (χ4v) is 1.68. The maximum absolute atomic E-state index is 11.9. The summed E-state index contributed by atoms with van der Waals surface area (Å²) in [7, 11) is 0. The number of aryl methyl sites for hydroxylation is 1. The Morgan fingerprint density at radius 3 is 2.35 bits per heavy atom. The van der Waals surface area contributed by atoms with Crippen LogP contribution in [-0.4, -0.2) is 34.7 Å². The van der Waals surface area contributed by atoms with Gasteiger partial charge in [0.25, 0.3) is 5.91 Å². The fourth-order valence-electron chi connectivity index (χ4n) is 1.68. The summed E-state index contributed by atoms with van der Waals surface area (Å²) in [5.41, 5.74) is 0.232. The third kappa shape index (κ3) is 5.98. The van der Waals surface area contributed by atoms with Crippen LogP contribution >= 0.6 is 0 Å². The molecule has 0 saturated carbocycles. The number of hydrogen-bond acceptors (Lipinski definition) is 5. The number of benzene rings is 1. The maximum atomic E-state index is 11.9. The quantitative estimate of drug-likeness (QED) is 0.737. The molecule has 1 aromatic rings. The molecular formula is C16H22N2O5. The van der Waals surface area contributed by atoms with E-state index in [1.165, 1.54) is 19.1 Å². The summed E-state index contributed by atoms with van der Waals surface area (Å²) >= 11 is 0. The molecule has 3 amide bonds. The van der Waals surface area contributed by atoms with Crippen LogP contribution in [-0.2, 0) is 9.53 Å². The summed E-state index contributed by atoms with van der Waals surface area (Å²) < 4.78 is 4.96. The van der Waals surface area contributed by atoms with Gasteiger partial charge in [-0.25, -0.2) is 9.59 Å². The van der Waals surface area contributed by atoms with Gasteiger partial charge >= 0.3 is 12.0 Å². The molecule has 0 aromatic heterocycles. The predicted molar refractivity (Wildman–Crippen MR) is 84.1 cm³/mol. The second-order valence-electron chi connectivity index (χ2n) is 6.26. The van der Waals surface area contributed by atoms with Crippen molar-refractivity contribution in [3.05, 3.63) is 29.3 Å². The number of carbonyl (C=O) groups excluding carboxylic acids is 3. The Hall–Kier alpha value is -2.57. The zero-order valence-corrected chi connectivity index (χ0v) is 13.9. The third-order valence-electron chi connectivity index (χ3n) is 2.75. The molecule has 0 aliphatic carbocycles. The van der Waals surface area contributed by atoms with Crippen molar-refractivity contribution in [2.24, 2.45) is 0 Å². The van der Waals surface area contributed by atoms with Gasteiger partial charge < -0.3 is 15.2 Å². The van der Waals surface area contributed by atoms with Crippen molar-refractivity contribution in [3.8, 4) is 5.75 Å². The Morgan fingerprint density at radius 1 is 1.22 bits per heavy atom. The lowest BCUT2D eigenvalue weighted by Crippen LogP contribution is -2.50. The van der Waals surface area contributed by atoms with E-state index >= 15 is 0 Å². The number of esters is 1. The normalized spacial score (nSPS) is 12.2. The highest BCUT2D eigenvalue weighted by molar-refractivity contribution is 5.99. The first-order valence-corrected chi connectivity index (χ1v) is 7.13. The van der Waals surface area contributed by atoms with Gasteiger partial charge in [0.2, 0.25) is 0 Å². The number of hydrogen-bond donors (Lipinski definition) is 3. The molecule has 0 saturated heterocycles. The van der Waals surface area contributed by atoms with E-state index in [1.54, 1.807) is 33.8 Å². The van der Waals surface area contributed by atoms with Crippen molar-refractivity contribution in [1.82, 2.24) is 10.6 Å². The zero-order valence-electron chi connectivity index (χ0n) is 13.9. The minimum atomic E-state index is -1.19. The van der Waals surface area contributed by atoms with E-state index in [4.69, 9.17) is 4.74 Å². The molecule has 23 heavy (non-hydrogen) atoms. The van der Waals surface area contributed by atoms with Gasteiger partial charge in [0.1, 0.15) is 11.3 Å². The van der Waals surface area contributed by atoms with Gasteiger partial charge in [-0.15, -0.1) is 0 Å². The van der Waals surface area contributed by atoms with E-state index in [0.717, 1.165) is 5.56 Å². The van der Waals surface area contributed by atoms with E-state index in [0.29, 0.717) is 0 Å². The first-order valence-electron chi connectivity index (χ1n) is 7.13. The summed E-state index contributed by atoms with van der Waals surface area (Å²) in [4.78, 5) is 35.4. The Morgan fingerprint density at radius 2 is 1.83 bits per heavy atom.